The van der Waals surface area contributed by atoms with Crippen molar-refractivity contribution in [3.05, 3.63) is 0 Å². The highest BCUT2D eigenvalue weighted by molar-refractivity contribution is 5.11. The van der Waals surface area contributed by atoms with E-state index in [4.69, 9.17) is 6.42 Å². The van der Waals surface area contributed by atoms with Crippen molar-refractivity contribution in [3.8, 4) is 12.3 Å². The van der Waals surface area contributed by atoms with E-state index in [2.05, 4.69) is 43.7 Å². The van der Waals surface area contributed by atoms with E-state index in [0.717, 1.165) is 19.0 Å². The van der Waals surface area contributed by atoms with Crippen LogP contribution in [0.2, 0.25) is 0 Å². The first-order valence-electron chi connectivity index (χ1n) is 4.83. The summed E-state index contributed by atoms with van der Waals surface area (Å²) in [5.74, 6) is 3.64. The zero-order chi connectivity index (χ0) is 10.1. The van der Waals surface area contributed by atoms with Crippen LogP contribution >= 0.6 is 0 Å². The predicted molar refractivity (Wildman–Crippen MR) is 56.5 cm³/mol. The molecule has 1 fully saturated rings. The minimum absolute atomic E-state index is 0.0528. The number of likely N-dealkylation sites (tertiary alicyclic amines) is 1. The summed E-state index contributed by atoms with van der Waals surface area (Å²) < 4.78 is 0. The predicted octanol–water partition coefficient (Wildman–Crippen LogP) is 0.892. The molecule has 0 amide bonds. The van der Waals surface area contributed by atoms with Gasteiger partial charge in [-0.3, -0.25) is 4.90 Å². The molecule has 0 bridgehead atoms. The summed E-state index contributed by atoms with van der Waals surface area (Å²) >= 11 is 0. The van der Waals surface area contributed by atoms with E-state index in [1.807, 2.05) is 0 Å². The van der Waals surface area contributed by atoms with Gasteiger partial charge in [-0.25, -0.2) is 0 Å². The summed E-state index contributed by atoms with van der Waals surface area (Å²) in [6.45, 7) is 7.69. The van der Waals surface area contributed by atoms with Gasteiger partial charge in [0.25, 0.3) is 0 Å². The largest absolute Gasteiger partial charge is 0.309 e. The molecule has 1 heterocycles. The Morgan fingerprint density at radius 1 is 1.46 bits per heavy atom. The Balaban J connectivity index is 2.30. The molecule has 2 heteroatoms. The fourth-order valence-electron chi connectivity index (χ4n) is 1.75. The molecule has 0 aliphatic carbocycles. The lowest BCUT2D eigenvalue weighted by molar-refractivity contribution is 0.0227. The average molecular weight is 180 g/mol. The molecule has 0 aromatic heterocycles. The van der Waals surface area contributed by atoms with Crippen molar-refractivity contribution in [3.63, 3.8) is 0 Å². The van der Waals surface area contributed by atoms with Crippen molar-refractivity contribution < 1.29 is 0 Å². The third-order valence-electron chi connectivity index (χ3n) is 2.72. The standard InChI is InChI=1S/C11H20N2/c1-6-11(2,3)13-8-10(9-13)7-12(4)5/h1,10H,7-9H2,2-5H3. The summed E-state index contributed by atoms with van der Waals surface area (Å²) in [6.07, 6.45) is 5.46. The Morgan fingerprint density at radius 3 is 2.38 bits per heavy atom. The molecule has 0 radical (unpaired) electrons. The third kappa shape index (κ3) is 2.46. The topological polar surface area (TPSA) is 6.48 Å². The van der Waals surface area contributed by atoms with Crippen LogP contribution < -0.4 is 0 Å². The summed E-state index contributed by atoms with van der Waals surface area (Å²) in [6, 6.07) is 0. The third-order valence-corrected chi connectivity index (χ3v) is 2.72. The molecule has 74 valence electrons. The summed E-state index contributed by atoms with van der Waals surface area (Å²) in [4.78, 5) is 4.60. The minimum Gasteiger partial charge on any atom is -0.309 e. The van der Waals surface area contributed by atoms with Crippen LogP contribution in [0.5, 0.6) is 0 Å². The SMILES string of the molecule is C#CC(C)(C)N1CC(CN(C)C)C1. The van der Waals surface area contributed by atoms with Gasteiger partial charge in [-0.15, -0.1) is 6.42 Å². The molecule has 0 saturated carbocycles. The molecule has 0 aromatic carbocycles. The zero-order valence-corrected chi connectivity index (χ0v) is 9.17. The number of nitrogens with zero attached hydrogens (tertiary/aromatic N) is 2. The smallest absolute Gasteiger partial charge is 0.0766 e. The highest BCUT2D eigenvalue weighted by Crippen LogP contribution is 2.25. The molecule has 0 spiro atoms. The normalized spacial score (nSPS) is 20.0. The van der Waals surface area contributed by atoms with Gasteiger partial charge >= 0.3 is 0 Å². The van der Waals surface area contributed by atoms with Gasteiger partial charge in [0.1, 0.15) is 0 Å². The number of rotatable bonds is 3. The van der Waals surface area contributed by atoms with E-state index in [-0.39, 0.29) is 5.54 Å². The molecule has 1 saturated heterocycles. The highest BCUT2D eigenvalue weighted by atomic mass is 15.3. The molecule has 13 heavy (non-hydrogen) atoms. The van der Waals surface area contributed by atoms with Gasteiger partial charge in [-0.1, -0.05) is 5.92 Å². The van der Waals surface area contributed by atoms with Crippen molar-refractivity contribution in [1.82, 2.24) is 9.80 Å². The number of terminal acetylenes is 1. The van der Waals surface area contributed by atoms with Gasteiger partial charge in [-0.05, 0) is 33.9 Å². The quantitative estimate of drug-likeness (QED) is 0.595. The maximum atomic E-state index is 5.46. The molecular formula is C11H20N2. The van der Waals surface area contributed by atoms with E-state index in [9.17, 15) is 0 Å². The molecule has 1 aliphatic rings. The van der Waals surface area contributed by atoms with Gasteiger partial charge in [0.05, 0.1) is 5.54 Å². The molecular weight excluding hydrogens is 160 g/mol. The van der Waals surface area contributed by atoms with Crippen LogP contribution in [0.4, 0.5) is 0 Å². The number of hydrogen-bond donors (Lipinski definition) is 0. The average Bonchev–Trinajstić information content (AvgIpc) is 1.95. The Morgan fingerprint density at radius 2 is 2.00 bits per heavy atom. The van der Waals surface area contributed by atoms with Crippen LogP contribution in [0.1, 0.15) is 13.8 Å². The lowest BCUT2D eigenvalue weighted by Crippen LogP contribution is -2.58. The molecule has 0 atom stereocenters. The van der Waals surface area contributed by atoms with Crippen molar-refractivity contribution in [2.45, 2.75) is 19.4 Å². The van der Waals surface area contributed by atoms with Crippen molar-refractivity contribution in [2.75, 3.05) is 33.7 Å². The van der Waals surface area contributed by atoms with E-state index in [0.29, 0.717) is 0 Å². The Hall–Kier alpha value is -0.520. The maximum Gasteiger partial charge on any atom is 0.0766 e. The second-order valence-corrected chi connectivity index (χ2v) is 4.74. The van der Waals surface area contributed by atoms with Gasteiger partial charge in [-0.2, -0.15) is 0 Å². The molecule has 1 rings (SSSR count). The highest BCUT2D eigenvalue weighted by Gasteiger charge is 2.35. The van der Waals surface area contributed by atoms with Gasteiger partial charge in [0.2, 0.25) is 0 Å². The molecule has 0 unspecified atom stereocenters. The van der Waals surface area contributed by atoms with Gasteiger partial charge < -0.3 is 4.90 Å². The Bertz CT molecular complexity index is 207. The number of hydrogen-bond acceptors (Lipinski definition) is 2. The van der Waals surface area contributed by atoms with Crippen molar-refractivity contribution in [2.24, 2.45) is 5.92 Å². The van der Waals surface area contributed by atoms with E-state index < -0.39 is 0 Å². The Kier molecular flexibility index (Phi) is 3.00. The summed E-state index contributed by atoms with van der Waals surface area (Å²) in [5, 5.41) is 0. The van der Waals surface area contributed by atoms with Gasteiger partial charge in [0, 0.05) is 19.6 Å². The van der Waals surface area contributed by atoms with Crippen LogP contribution in [0.3, 0.4) is 0 Å². The lowest BCUT2D eigenvalue weighted by atomic mass is 9.91. The first kappa shape index (κ1) is 10.6. The van der Waals surface area contributed by atoms with Crippen molar-refractivity contribution in [1.29, 1.82) is 0 Å². The molecule has 2 nitrogen and oxygen atoms in total. The summed E-state index contributed by atoms with van der Waals surface area (Å²) in [7, 11) is 4.24. The second kappa shape index (κ2) is 3.69. The van der Waals surface area contributed by atoms with Crippen LogP contribution in [0.25, 0.3) is 0 Å². The van der Waals surface area contributed by atoms with Gasteiger partial charge in [0.15, 0.2) is 0 Å². The molecule has 0 aromatic rings. The monoisotopic (exact) mass is 180 g/mol. The molecule has 1 aliphatic heterocycles. The first-order chi connectivity index (χ1) is 5.95. The fourth-order valence-corrected chi connectivity index (χ4v) is 1.75. The minimum atomic E-state index is -0.0528. The van der Waals surface area contributed by atoms with E-state index >= 15 is 0 Å². The Labute approximate surface area is 81.9 Å². The van der Waals surface area contributed by atoms with E-state index in [1.165, 1.54) is 6.54 Å². The van der Waals surface area contributed by atoms with Crippen LogP contribution in [0, 0.1) is 18.3 Å². The zero-order valence-electron chi connectivity index (χ0n) is 9.17. The second-order valence-electron chi connectivity index (χ2n) is 4.74. The summed E-state index contributed by atoms with van der Waals surface area (Å²) in [5.41, 5.74) is -0.0528. The molecule has 0 N–H and O–H groups in total. The van der Waals surface area contributed by atoms with Crippen LogP contribution in [-0.2, 0) is 0 Å². The van der Waals surface area contributed by atoms with E-state index in [1.54, 1.807) is 0 Å². The fraction of sp³-hybridized carbons (Fsp3) is 0.818. The van der Waals surface area contributed by atoms with Crippen LogP contribution in [-0.4, -0.2) is 49.1 Å². The first-order valence-corrected chi connectivity index (χ1v) is 4.83. The van der Waals surface area contributed by atoms with Crippen molar-refractivity contribution >= 4 is 0 Å². The van der Waals surface area contributed by atoms with Crippen LogP contribution in [0.15, 0.2) is 0 Å². The lowest BCUT2D eigenvalue weighted by Gasteiger charge is -2.47. The maximum absolute atomic E-state index is 5.46.